The molecule has 2 aromatic carbocycles. The number of fused-ring (bicyclic) bond motifs is 1. The lowest BCUT2D eigenvalue weighted by Crippen LogP contribution is -2.31. The van der Waals surface area contributed by atoms with Crippen molar-refractivity contribution in [2.45, 2.75) is 19.3 Å². The van der Waals surface area contributed by atoms with Crippen molar-refractivity contribution in [1.29, 1.82) is 0 Å². The molecule has 1 aliphatic heterocycles. The van der Waals surface area contributed by atoms with Gasteiger partial charge in [0.15, 0.2) is 5.13 Å². The first-order chi connectivity index (χ1) is 12.6. The maximum atomic E-state index is 13.0. The second-order valence-electron chi connectivity index (χ2n) is 6.41. The van der Waals surface area contributed by atoms with Gasteiger partial charge in [-0.25, -0.2) is 9.88 Å². The van der Waals surface area contributed by atoms with Crippen LogP contribution in [0.5, 0.6) is 5.75 Å². The Morgan fingerprint density at radius 3 is 2.69 bits per heavy atom. The van der Waals surface area contributed by atoms with Crippen molar-refractivity contribution in [1.82, 2.24) is 4.98 Å². The molecule has 3 aromatic rings. The van der Waals surface area contributed by atoms with E-state index in [9.17, 15) is 9.59 Å². The molecule has 1 aliphatic rings. The van der Waals surface area contributed by atoms with E-state index in [1.165, 1.54) is 16.2 Å². The number of rotatable bonds is 4. The molecule has 2 amide bonds. The standard InChI is InChI=1S/C20H18N2O3S/c1-12(13-6-4-3-5-7-13)15-11-18(23)22(19(15)24)20-21-16-9-8-14(25-2)10-17(16)26-20/h3-10,12,15H,11H2,1-2H3/t12-,15+/m1/s1. The smallest absolute Gasteiger partial charge is 0.239 e. The fourth-order valence-corrected chi connectivity index (χ4v) is 4.37. The second kappa shape index (κ2) is 6.53. The van der Waals surface area contributed by atoms with Crippen LogP contribution < -0.4 is 9.64 Å². The lowest BCUT2D eigenvalue weighted by molar-refractivity contribution is -0.122. The molecule has 0 aliphatic carbocycles. The molecule has 2 atom stereocenters. The van der Waals surface area contributed by atoms with Crippen molar-refractivity contribution >= 4 is 38.5 Å². The monoisotopic (exact) mass is 366 g/mol. The third kappa shape index (κ3) is 2.76. The number of hydrogen-bond donors (Lipinski definition) is 0. The Morgan fingerprint density at radius 1 is 1.19 bits per heavy atom. The molecule has 6 heteroatoms. The lowest BCUT2D eigenvalue weighted by atomic mass is 9.86. The Hall–Kier alpha value is -2.73. The van der Waals surface area contributed by atoms with Crippen molar-refractivity contribution in [3.63, 3.8) is 0 Å². The molecule has 1 aromatic heterocycles. The maximum absolute atomic E-state index is 13.0. The van der Waals surface area contributed by atoms with Crippen LogP contribution in [0.3, 0.4) is 0 Å². The second-order valence-corrected chi connectivity index (χ2v) is 7.42. The average molecular weight is 366 g/mol. The van der Waals surface area contributed by atoms with Gasteiger partial charge in [0.2, 0.25) is 11.8 Å². The summed E-state index contributed by atoms with van der Waals surface area (Å²) in [6, 6.07) is 15.4. The number of carbonyl (C=O) groups excluding carboxylic acids is 2. The summed E-state index contributed by atoms with van der Waals surface area (Å²) in [4.78, 5) is 31.3. The van der Waals surface area contributed by atoms with E-state index in [2.05, 4.69) is 4.98 Å². The maximum Gasteiger partial charge on any atom is 0.239 e. The predicted molar refractivity (Wildman–Crippen MR) is 102 cm³/mol. The molecule has 0 spiro atoms. The number of aromatic nitrogens is 1. The number of carbonyl (C=O) groups is 2. The van der Waals surface area contributed by atoms with E-state index < -0.39 is 0 Å². The van der Waals surface area contributed by atoms with Crippen molar-refractivity contribution < 1.29 is 14.3 Å². The molecule has 0 N–H and O–H groups in total. The van der Waals surface area contributed by atoms with Crippen LogP contribution in [0, 0.1) is 5.92 Å². The van der Waals surface area contributed by atoms with Gasteiger partial charge in [-0.15, -0.1) is 0 Å². The summed E-state index contributed by atoms with van der Waals surface area (Å²) in [5.41, 5.74) is 1.82. The minimum Gasteiger partial charge on any atom is -0.497 e. The molecular weight excluding hydrogens is 348 g/mol. The SMILES string of the molecule is COc1ccc2nc(N3C(=O)C[C@@H]([C@H](C)c4ccccc4)C3=O)sc2c1. The van der Waals surface area contributed by atoms with Crippen LogP contribution in [-0.4, -0.2) is 23.9 Å². The van der Waals surface area contributed by atoms with Gasteiger partial charge in [-0.3, -0.25) is 9.59 Å². The van der Waals surface area contributed by atoms with Crippen LogP contribution >= 0.6 is 11.3 Å². The van der Waals surface area contributed by atoms with Gasteiger partial charge < -0.3 is 4.74 Å². The summed E-state index contributed by atoms with van der Waals surface area (Å²) in [7, 11) is 1.60. The quantitative estimate of drug-likeness (QED) is 0.655. The third-order valence-electron chi connectivity index (χ3n) is 4.89. The topological polar surface area (TPSA) is 59.5 Å². The highest BCUT2D eigenvalue weighted by atomic mass is 32.1. The summed E-state index contributed by atoms with van der Waals surface area (Å²) in [5, 5.41) is 0.436. The fourth-order valence-electron chi connectivity index (χ4n) is 3.35. The summed E-state index contributed by atoms with van der Waals surface area (Å²) in [6.45, 7) is 2.00. The highest BCUT2D eigenvalue weighted by Crippen LogP contribution is 2.39. The summed E-state index contributed by atoms with van der Waals surface area (Å²) < 4.78 is 6.12. The molecule has 0 bridgehead atoms. The van der Waals surface area contributed by atoms with Crippen LogP contribution in [0.2, 0.25) is 0 Å². The molecule has 1 fully saturated rings. The molecule has 5 nitrogen and oxygen atoms in total. The first kappa shape index (κ1) is 16.7. The van der Waals surface area contributed by atoms with E-state index in [-0.39, 0.29) is 30.1 Å². The number of amides is 2. The molecule has 0 unspecified atom stereocenters. The first-order valence-electron chi connectivity index (χ1n) is 8.45. The van der Waals surface area contributed by atoms with E-state index in [1.807, 2.05) is 55.5 Å². The van der Waals surface area contributed by atoms with Crippen LogP contribution in [0.25, 0.3) is 10.2 Å². The largest absolute Gasteiger partial charge is 0.497 e. The minimum absolute atomic E-state index is 0.0212. The van der Waals surface area contributed by atoms with Crippen LogP contribution in [0.15, 0.2) is 48.5 Å². The molecule has 0 radical (unpaired) electrons. The van der Waals surface area contributed by atoms with Gasteiger partial charge in [-0.05, 0) is 29.7 Å². The summed E-state index contributed by atoms with van der Waals surface area (Å²) >= 11 is 1.33. The van der Waals surface area contributed by atoms with Crippen molar-refractivity contribution in [3.8, 4) is 5.75 Å². The number of thiazole rings is 1. The minimum atomic E-state index is -0.355. The van der Waals surface area contributed by atoms with E-state index >= 15 is 0 Å². The summed E-state index contributed by atoms with van der Waals surface area (Å²) in [6.07, 6.45) is 0.216. The Kier molecular flexibility index (Phi) is 4.20. The van der Waals surface area contributed by atoms with E-state index in [1.54, 1.807) is 7.11 Å². The number of benzene rings is 2. The van der Waals surface area contributed by atoms with Gasteiger partial charge in [-0.2, -0.15) is 0 Å². The van der Waals surface area contributed by atoms with E-state index in [4.69, 9.17) is 4.74 Å². The Bertz CT molecular complexity index is 983. The third-order valence-corrected chi connectivity index (χ3v) is 5.89. The lowest BCUT2D eigenvalue weighted by Gasteiger charge is -2.18. The first-order valence-corrected chi connectivity index (χ1v) is 9.26. The van der Waals surface area contributed by atoms with Crippen LogP contribution in [-0.2, 0) is 9.59 Å². The van der Waals surface area contributed by atoms with Gasteiger partial charge in [0.1, 0.15) is 5.75 Å². The van der Waals surface area contributed by atoms with E-state index in [0.717, 1.165) is 21.5 Å². The molecule has 4 rings (SSSR count). The normalized spacial score (nSPS) is 18.5. The number of anilines is 1. The Balaban J connectivity index is 1.65. The number of ether oxygens (including phenoxy) is 1. The highest BCUT2D eigenvalue weighted by Gasteiger charge is 2.43. The van der Waals surface area contributed by atoms with Gasteiger partial charge in [0.05, 0.1) is 23.2 Å². The number of methoxy groups -OCH3 is 1. The average Bonchev–Trinajstić information content (AvgIpc) is 3.20. The van der Waals surface area contributed by atoms with Crippen LogP contribution in [0.1, 0.15) is 24.8 Å². The molecular formula is C20H18N2O3S. The van der Waals surface area contributed by atoms with Gasteiger partial charge in [-0.1, -0.05) is 48.6 Å². The van der Waals surface area contributed by atoms with Gasteiger partial charge in [0, 0.05) is 6.42 Å². The van der Waals surface area contributed by atoms with Crippen LogP contribution in [0.4, 0.5) is 5.13 Å². The fraction of sp³-hybridized carbons (Fsp3) is 0.250. The van der Waals surface area contributed by atoms with Gasteiger partial charge >= 0.3 is 0 Å². The zero-order valence-corrected chi connectivity index (χ0v) is 15.3. The Morgan fingerprint density at radius 2 is 1.96 bits per heavy atom. The molecule has 26 heavy (non-hydrogen) atoms. The number of hydrogen-bond acceptors (Lipinski definition) is 5. The number of imide groups is 1. The number of nitrogens with zero attached hydrogens (tertiary/aromatic N) is 2. The molecule has 1 saturated heterocycles. The molecule has 0 saturated carbocycles. The van der Waals surface area contributed by atoms with Crippen molar-refractivity contribution in [3.05, 3.63) is 54.1 Å². The zero-order chi connectivity index (χ0) is 18.3. The highest BCUT2D eigenvalue weighted by molar-refractivity contribution is 7.22. The van der Waals surface area contributed by atoms with Crippen molar-refractivity contribution in [2.75, 3.05) is 12.0 Å². The van der Waals surface area contributed by atoms with Crippen molar-refractivity contribution in [2.24, 2.45) is 5.92 Å². The Labute approximate surface area is 155 Å². The summed E-state index contributed by atoms with van der Waals surface area (Å²) in [5.74, 6) is -0.00732. The molecule has 2 heterocycles. The van der Waals surface area contributed by atoms with E-state index in [0.29, 0.717) is 5.13 Å². The predicted octanol–water partition coefficient (Wildman–Crippen LogP) is 3.99. The molecule has 132 valence electrons. The zero-order valence-electron chi connectivity index (χ0n) is 14.5. The van der Waals surface area contributed by atoms with Gasteiger partial charge in [0.25, 0.3) is 0 Å².